The highest BCUT2D eigenvalue weighted by molar-refractivity contribution is 6.03. The van der Waals surface area contributed by atoms with Crippen LogP contribution < -0.4 is 5.32 Å². The predicted octanol–water partition coefficient (Wildman–Crippen LogP) is 4.40. The molecule has 4 rings (SSSR count). The molecule has 2 heterocycles. The Balaban J connectivity index is 1.34. The molecule has 1 fully saturated rings. The number of fused-ring (bicyclic) bond motifs is 1. The Kier molecular flexibility index (Phi) is 5.71. The van der Waals surface area contributed by atoms with Crippen LogP contribution in [0.1, 0.15) is 28.8 Å². The van der Waals surface area contributed by atoms with E-state index in [1.54, 1.807) is 24.3 Å². The molecule has 6 heteroatoms. The molecule has 2 N–H and O–H groups in total. The van der Waals surface area contributed by atoms with Gasteiger partial charge in [-0.2, -0.15) is 0 Å². The minimum atomic E-state index is -0.947. The number of likely N-dealkylation sites (tertiary alicyclic amines) is 1. The highest BCUT2D eigenvalue weighted by Gasteiger charge is 2.20. The van der Waals surface area contributed by atoms with E-state index in [0.717, 1.165) is 44.6 Å². The number of benzene rings is 2. The number of hydrogen-bond donors (Lipinski definition) is 2. The molecule has 5 nitrogen and oxygen atoms in total. The fraction of sp³-hybridized carbons (Fsp3) is 0.304. The number of carboxylic acids is 1. The minimum absolute atomic E-state index is 0.190. The zero-order chi connectivity index (χ0) is 20.2. The van der Waals surface area contributed by atoms with E-state index in [4.69, 9.17) is 0 Å². The number of rotatable bonds is 6. The van der Waals surface area contributed by atoms with E-state index in [0.29, 0.717) is 22.6 Å². The van der Waals surface area contributed by atoms with Crippen molar-refractivity contribution in [1.82, 2.24) is 9.88 Å². The first-order chi connectivity index (χ1) is 14.1. The summed E-state index contributed by atoms with van der Waals surface area (Å²) in [4.78, 5) is 18.5. The number of piperidine rings is 1. The summed E-state index contributed by atoms with van der Waals surface area (Å²) in [5, 5.41) is 13.5. The molecule has 1 aliphatic heterocycles. The van der Waals surface area contributed by atoms with Gasteiger partial charge in [0.25, 0.3) is 0 Å². The number of pyridine rings is 1. The first-order valence-corrected chi connectivity index (χ1v) is 9.92. The van der Waals surface area contributed by atoms with E-state index >= 15 is 0 Å². The highest BCUT2D eigenvalue weighted by Crippen LogP contribution is 2.23. The van der Waals surface area contributed by atoms with Gasteiger partial charge in [0.1, 0.15) is 11.6 Å². The van der Waals surface area contributed by atoms with Crippen LogP contribution in [0.4, 0.5) is 10.2 Å². The van der Waals surface area contributed by atoms with Crippen molar-refractivity contribution in [3.63, 3.8) is 0 Å². The van der Waals surface area contributed by atoms with Gasteiger partial charge in [0.15, 0.2) is 0 Å². The Morgan fingerprint density at radius 1 is 1.14 bits per heavy atom. The van der Waals surface area contributed by atoms with E-state index in [9.17, 15) is 14.3 Å². The Bertz CT molecular complexity index is 1020. The van der Waals surface area contributed by atoms with E-state index in [2.05, 4.69) is 15.2 Å². The zero-order valence-electron chi connectivity index (χ0n) is 16.1. The number of aromatic nitrogens is 1. The van der Waals surface area contributed by atoms with E-state index in [1.807, 2.05) is 24.3 Å². The van der Waals surface area contributed by atoms with Gasteiger partial charge in [-0.25, -0.2) is 14.2 Å². The topological polar surface area (TPSA) is 65.5 Å². The Morgan fingerprint density at radius 3 is 2.69 bits per heavy atom. The number of halogens is 1. The van der Waals surface area contributed by atoms with Gasteiger partial charge in [0.2, 0.25) is 0 Å². The van der Waals surface area contributed by atoms with Gasteiger partial charge >= 0.3 is 5.97 Å². The van der Waals surface area contributed by atoms with Crippen LogP contribution in [0, 0.1) is 11.7 Å². The smallest absolute Gasteiger partial charge is 0.336 e. The van der Waals surface area contributed by atoms with Gasteiger partial charge in [0.05, 0.1) is 11.1 Å². The SMILES string of the molecule is O=C(O)c1cc(NCC2CCN(Cc3cccc(F)c3)CC2)nc2ccccc12. The molecule has 1 saturated heterocycles. The van der Waals surface area contributed by atoms with Crippen LogP contribution in [0.5, 0.6) is 0 Å². The average molecular weight is 393 g/mol. The summed E-state index contributed by atoms with van der Waals surface area (Å²) in [5.74, 6) is -0.0360. The number of nitrogens with one attached hydrogen (secondary N) is 1. The first-order valence-electron chi connectivity index (χ1n) is 9.92. The highest BCUT2D eigenvalue weighted by atomic mass is 19.1. The van der Waals surface area contributed by atoms with Gasteiger partial charge in [-0.1, -0.05) is 30.3 Å². The maximum Gasteiger partial charge on any atom is 0.336 e. The lowest BCUT2D eigenvalue weighted by Crippen LogP contribution is -2.35. The Labute approximate surface area is 169 Å². The second-order valence-corrected chi connectivity index (χ2v) is 7.61. The monoisotopic (exact) mass is 393 g/mol. The summed E-state index contributed by atoms with van der Waals surface area (Å²) in [5.41, 5.74) is 1.95. The van der Waals surface area contributed by atoms with Crippen LogP contribution in [-0.4, -0.2) is 40.6 Å². The molecule has 2 aromatic carbocycles. The van der Waals surface area contributed by atoms with E-state index < -0.39 is 5.97 Å². The minimum Gasteiger partial charge on any atom is -0.478 e. The van der Waals surface area contributed by atoms with Crippen LogP contribution >= 0.6 is 0 Å². The molecule has 150 valence electrons. The number of nitrogens with zero attached hydrogens (tertiary/aromatic N) is 2. The third kappa shape index (κ3) is 4.71. The first kappa shape index (κ1) is 19.3. The lowest BCUT2D eigenvalue weighted by molar-refractivity contribution is 0.0699. The van der Waals surface area contributed by atoms with Crippen molar-refractivity contribution < 1.29 is 14.3 Å². The molecule has 1 aromatic heterocycles. The number of hydrogen-bond acceptors (Lipinski definition) is 4. The van der Waals surface area contributed by atoms with Gasteiger partial charge in [-0.05, 0) is 61.7 Å². The molecule has 0 amide bonds. The lowest BCUT2D eigenvalue weighted by Gasteiger charge is -2.32. The van der Waals surface area contributed by atoms with Crippen molar-refractivity contribution in [2.24, 2.45) is 5.92 Å². The standard InChI is InChI=1S/C23H24FN3O2/c24-18-5-3-4-17(12-18)15-27-10-8-16(9-11-27)14-25-22-13-20(23(28)29)19-6-1-2-7-21(19)26-22/h1-7,12-13,16H,8-11,14-15H2,(H,25,26)(H,28,29). The maximum absolute atomic E-state index is 13.4. The molecular formula is C23H24FN3O2. The van der Waals surface area contributed by atoms with E-state index in [-0.39, 0.29) is 11.4 Å². The number of anilines is 1. The zero-order valence-corrected chi connectivity index (χ0v) is 16.1. The van der Waals surface area contributed by atoms with Crippen LogP contribution in [0.3, 0.4) is 0 Å². The van der Waals surface area contributed by atoms with Crippen molar-refractivity contribution in [1.29, 1.82) is 0 Å². The normalized spacial score (nSPS) is 15.5. The summed E-state index contributed by atoms with van der Waals surface area (Å²) >= 11 is 0. The third-order valence-electron chi connectivity index (χ3n) is 5.52. The molecule has 0 bridgehead atoms. The number of para-hydroxylation sites is 1. The fourth-order valence-corrected chi connectivity index (χ4v) is 3.93. The molecule has 0 radical (unpaired) electrons. The summed E-state index contributed by atoms with van der Waals surface area (Å²) < 4.78 is 13.4. The summed E-state index contributed by atoms with van der Waals surface area (Å²) in [6.45, 7) is 3.47. The summed E-state index contributed by atoms with van der Waals surface area (Å²) in [7, 11) is 0. The van der Waals surface area contributed by atoms with Crippen molar-refractivity contribution in [2.75, 3.05) is 25.0 Å². The quantitative estimate of drug-likeness (QED) is 0.650. The number of aromatic carboxylic acids is 1. The predicted molar refractivity (Wildman–Crippen MR) is 112 cm³/mol. The van der Waals surface area contributed by atoms with Crippen molar-refractivity contribution in [2.45, 2.75) is 19.4 Å². The van der Waals surface area contributed by atoms with Crippen molar-refractivity contribution >= 4 is 22.7 Å². The largest absolute Gasteiger partial charge is 0.478 e. The molecule has 0 unspecified atom stereocenters. The summed E-state index contributed by atoms with van der Waals surface area (Å²) in [6.07, 6.45) is 2.09. The molecule has 0 saturated carbocycles. The third-order valence-corrected chi connectivity index (χ3v) is 5.52. The Hall–Kier alpha value is -2.99. The van der Waals surface area contributed by atoms with Crippen LogP contribution in [0.15, 0.2) is 54.6 Å². The van der Waals surface area contributed by atoms with Gasteiger partial charge < -0.3 is 10.4 Å². The lowest BCUT2D eigenvalue weighted by atomic mass is 9.96. The maximum atomic E-state index is 13.4. The number of carbonyl (C=O) groups is 1. The second-order valence-electron chi connectivity index (χ2n) is 7.61. The van der Waals surface area contributed by atoms with Crippen molar-refractivity contribution in [3.8, 4) is 0 Å². The van der Waals surface area contributed by atoms with E-state index in [1.165, 1.54) is 6.07 Å². The Morgan fingerprint density at radius 2 is 1.93 bits per heavy atom. The van der Waals surface area contributed by atoms with Crippen LogP contribution in [-0.2, 0) is 6.54 Å². The molecule has 29 heavy (non-hydrogen) atoms. The number of carboxylic acid groups (broad SMARTS) is 1. The van der Waals surface area contributed by atoms with Crippen molar-refractivity contribution in [3.05, 3.63) is 71.5 Å². The molecule has 3 aromatic rings. The average Bonchev–Trinajstić information content (AvgIpc) is 2.72. The summed E-state index contributed by atoms with van der Waals surface area (Å²) in [6, 6.07) is 15.7. The molecular weight excluding hydrogens is 369 g/mol. The molecule has 0 atom stereocenters. The van der Waals surface area contributed by atoms with Crippen LogP contribution in [0.25, 0.3) is 10.9 Å². The molecule has 0 aliphatic carbocycles. The molecule has 0 spiro atoms. The van der Waals surface area contributed by atoms with Gasteiger partial charge in [-0.15, -0.1) is 0 Å². The van der Waals surface area contributed by atoms with Gasteiger partial charge in [0, 0.05) is 18.5 Å². The fourth-order valence-electron chi connectivity index (χ4n) is 3.93. The van der Waals surface area contributed by atoms with Crippen LogP contribution in [0.2, 0.25) is 0 Å². The second kappa shape index (κ2) is 8.57. The van der Waals surface area contributed by atoms with Gasteiger partial charge in [-0.3, -0.25) is 4.90 Å². The molecule has 1 aliphatic rings.